The summed E-state index contributed by atoms with van der Waals surface area (Å²) < 4.78 is 0. The maximum absolute atomic E-state index is 5.84. The van der Waals surface area contributed by atoms with E-state index in [1.165, 1.54) is 5.39 Å². The molecule has 0 aliphatic rings. The summed E-state index contributed by atoms with van der Waals surface area (Å²) in [6, 6.07) is 10.2. The average Bonchev–Trinajstić information content (AvgIpc) is 2.87. The van der Waals surface area contributed by atoms with E-state index in [1.807, 2.05) is 36.7 Å². The van der Waals surface area contributed by atoms with Crippen molar-refractivity contribution in [1.29, 1.82) is 0 Å². The molecule has 1 atom stereocenters. The minimum atomic E-state index is -0.0371. The van der Waals surface area contributed by atoms with Crippen LogP contribution in [-0.2, 0) is 0 Å². The minimum absolute atomic E-state index is 0.0371. The molecular formula is C14H13N3S. The second-order valence-electron chi connectivity index (χ2n) is 4.25. The van der Waals surface area contributed by atoms with Gasteiger partial charge in [0.05, 0.1) is 5.69 Å². The molecular weight excluding hydrogens is 242 g/mol. The Kier molecular flexibility index (Phi) is 2.81. The van der Waals surface area contributed by atoms with Gasteiger partial charge in [0.2, 0.25) is 0 Å². The highest BCUT2D eigenvalue weighted by molar-refractivity contribution is 7.13. The van der Waals surface area contributed by atoms with E-state index in [1.54, 1.807) is 11.3 Å². The molecule has 2 heterocycles. The molecule has 2 aromatic heterocycles. The van der Waals surface area contributed by atoms with Crippen molar-refractivity contribution < 1.29 is 0 Å². The molecule has 3 rings (SSSR count). The van der Waals surface area contributed by atoms with Crippen LogP contribution in [0, 0.1) is 0 Å². The largest absolute Gasteiger partial charge is 0.323 e. The van der Waals surface area contributed by atoms with Crippen LogP contribution in [0.4, 0.5) is 0 Å². The van der Waals surface area contributed by atoms with Crippen molar-refractivity contribution >= 4 is 22.1 Å². The van der Waals surface area contributed by atoms with Gasteiger partial charge in [0.1, 0.15) is 10.7 Å². The molecule has 90 valence electrons. The number of pyridine rings is 1. The number of nitrogens with zero attached hydrogens (tertiary/aromatic N) is 2. The molecule has 0 fully saturated rings. The van der Waals surface area contributed by atoms with Crippen LogP contribution >= 0.6 is 11.3 Å². The molecule has 1 unspecified atom stereocenters. The topological polar surface area (TPSA) is 51.8 Å². The maximum atomic E-state index is 5.84. The fourth-order valence-electron chi connectivity index (χ4n) is 1.89. The lowest BCUT2D eigenvalue weighted by atomic mass is 10.1. The Bertz CT molecular complexity index is 683. The highest BCUT2D eigenvalue weighted by Crippen LogP contribution is 2.29. The van der Waals surface area contributed by atoms with Gasteiger partial charge in [-0.15, -0.1) is 11.3 Å². The minimum Gasteiger partial charge on any atom is -0.323 e. The van der Waals surface area contributed by atoms with E-state index in [9.17, 15) is 0 Å². The molecule has 3 aromatic rings. The van der Waals surface area contributed by atoms with Crippen LogP contribution in [-0.4, -0.2) is 9.97 Å². The van der Waals surface area contributed by atoms with Crippen molar-refractivity contribution in [2.24, 2.45) is 5.73 Å². The zero-order valence-corrected chi connectivity index (χ0v) is 10.8. The zero-order valence-electron chi connectivity index (χ0n) is 10.00. The van der Waals surface area contributed by atoms with Crippen molar-refractivity contribution in [2.45, 2.75) is 13.0 Å². The molecule has 3 nitrogen and oxygen atoms in total. The Labute approximate surface area is 109 Å². The highest BCUT2D eigenvalue weighted by Gasteiger charge is 2.11. The van der Waals surface area contributed by atoms with Crippen molar-refractivity contribution in [3.63, 3.8) is 0 Å². The summed E-state index contributed by atoms with van der Waals surface area (Å²) >= 11 is 1.59. The molecule has 0 aliphatic carbocycles. The number of thiazole rings is 1. The monoisotopic (exact) mass is 255 g/mol. The van der Waals surface area contributed by atoms with Crippen molar-refractivity contribution in [1.82, 2.24) is 9.97 Å². The van der Waals surface area contributed by atoms with Gasteiger partial charge in [-0.05, 0) is 18.4 Å². The van der Waals surface area contributed by atoms with Gasteiger partial charge in [-0.3, -0.25) is 4.98 Å². The first-order valence-corrected chi connectivity index (χ1v) is 6.69. The lowest BCUT2D eigenvalue weighted by Crippen LogP contribution is -2.04. The van der Waals surface area contributed by atoms with E-state index in [4.69, 9.17) is 5.73 Å². The fourth-order valence-corrected chi connectivity index (χ4v) is 2.83. The number of rotatable bonds is 2. The number of hydrogen-bond donors (Lipinski definition) is 1. The van der Waals surface area contributed by atoms with E-state index in [0.29, 0.717) is 0 Å². The lowest BCUT2D eigenvalue weighted by Gasteiger charge is -2.02. The Morgan fingerprint density at radius 3 is 2.83 bits per heavy atom. The third kappa shape index (κ3) is 1.89. The number of nitrogens with two attached hydrogens (primary N) is 1. The third-order valence-electron chi connectivity index (χ3n) is 2.86. The number of aromatic nitrogens is 2. The molecule has 0 amide bonds. The lowest BCUT2D eigenvalue weighted by molar-refractivity contribution is 0.790. The van der Waals surface area contributed by atoms with Crippen LogP contribution in [0.2, 0.25) is 0 Å². The van der Waals surface area contributed by atoms with Crippen molar-refractivity contribution in [2.75, 3.05) is 0 Å². The maximum Gasteiger partial charge on any atom is 0.142 e. The normalized spacial score (nSPS) is 12.8. The summed E-state index contributed by atoms with van der Waals surface area (Å²) in [6.45, 7) is 1.94. The Morgan fingerprint density at radius 1 is 1.22 bits per heavy atom. The van der Waals surface area contributed by atoms with Gasteiger partial charge in [-0.1, -0.05) is 24.3 Å². The van der Waals surface area contributed by atoms with Crippen LogP contribution in [0.3, 0.4) is 0 Å². The zero-order chi connectivity index (χ0) is 12.5. The van der Waals surface area contributed by atoms with Crippen LogP contribution in [0.25, 0.3) is 21.5 Å². The van der Waals surface area contributed by atoms with Gasteiger partial charge >= 0.3 is 0 Å². The average molecular weight is 255 g/mol. The van der Waals surface area contributed by atoms with E-state index in [0.717, 1.165) is 21.8 Å². The predicted molar refractivity (Wildman–Crippen MR) is 75.5 cm³/mol. The molecule has 0 saturated carbocycles. The fraction of sp³-hybridized carbons (Fsp3) is 0.143. The standard InChI is InChI=1S/C14H13N3S/c1-9(15)12-8-18-14(17-12)13-11-5-3-2-4-10(11)6-7-16-13/h2-9H,15H2,1H3. The van der Waals surface area contributed by atoms with E-state index < -0.39 is 0 Å². The predicted octanol–water partition coefficient (Wildman–Crippen LogP) is 3.38. The van der Waals surface area contributed by atoms with E-state index >= 15 is 0 Å². The van der Waals surface area contributed by atoms with Crippen molar-refractivity contribution in [3.05, 3.63) is 47.6 Å². The van der Waals surface area contributed by atoms with Crippen LogP contribution in [0.15, 0.2) is 41.9 Å². The molecule has 1 aromatic carbocycles. The SMILES string of the molecule is CC(N)c1csc(-c2nccc3ccccc23)n1. The Balaban J connectivity index is 2.18. The van der Waals surface area contributed by atoms with Gasteiger partial charge < -0.3 is 5.73 Å². The molecule has 0 radical (unpaired) electrons. The summed E-state index contributed by atoms with van der Waals surface area (Å²) in [7, 11) is 0. The molecule has 4 heteroatoms. The Morgan fingerprint density at radius 2 is 2.06 bits per heavy atom. The first-order chi connectivity index (χ1) is 8.75. The van der Waals surface area contributed by atoms with E-state index in [2.05, 4.69) is 22.1 Å². The first kappa shape index (κ1) is 11.3. The molecule has 0 aliphatic heterocycles. The third-order valence-corrected chi connectivity index (χ3v) is 3.73. The first-order valence-electron chi connectivity index (χ1n) is 5.81. The highest BCUT2D eigenvalue weighted by atomic mass is 32.1. The molecule has 2 N–H and O–H groups in total. The van der Waals surface area contributed by atoms with Gasteiger partial charge in [0, 0.05) is 23.0 Å². The smallest absolute Gasteiger partial charge is 0.142 e. The second-order valence-corrected chi connectivity index (χ2v) is 5.10. The van der Waals surface area contributed by atoms with Gasteiger partial charge in [-0.25, -0.2) is 4.98 Å². The molecule has 18 heavy (non-hydrogen) atoms. The molecule has 0 saturated heterocycles. The molecule has 0 spiro atoms. The quantitative estimate of drug-likeness (QED) is 0.763. The summed E-state index contributed by atoms with van der Waals surface area (Å²) in [5, 5.41) is 5.24. The van der Waals surface area contributed by atoms with Gasteiger partial charge in [-0.2, -0.15) is 0 Å². The molecule has 0 bridgehead atoms. The van der Waals surface area contributed by atoms with Gasteiger partial charge in [0.15, 0.2) is 0 Å². The van der Waals surface area contributed by atoms with Crippen LogP contribution < -0.4 is 5.73 Å². The number of hydrogen-bond acceptors (Lipinski definition) is 4. The van der Waals surface area contributed by atoms with Crippen LogP contribution in [0.5, 0.6) is 0 Å². The summed E-state index contributed by atoms with van der Waals surface area (Å²) in [5.41, 5.74) is 7.70. The summed E-state index contributed by atoms with van der Waals surface area (Å²) in [4.78, 5) is 9.02. The Hall–Kier alpha value is -1.78. The van der Waals surface area contributed by atoms with Crippen LogP contribution in [0.1, 0.15) is 18.7 Å². The second kappa shape index (κ2) is 4.48. The van der Waals surface area contributed by atoms with Gasteiger partial charge in [0.25, 0.3) is 0 Å². The van der Waals surface area contributed by atoms with E-state index in [-0.39, 0.29) is 6.04 Å². The van der Waals surface area contributed by atoms with Crippen molar-refractivity contribution in [3.8, 4) is 10.7 Å². The summed E-state index contributed by atoms with van der Waals surface area (Å²) in [5.74, 6) is 0. The summed E-state index contributed by atoms with van der Waals surface area (Å²) in [6.07, 6.45) is 1.82. The number of benzene rings is 1. The number of fused-ring (bicyclic) bond motifs is 1.